The van der Waals surface area contributed by atoms with Gasteiger partial charge in [0.05, 0.1) is 0 Å². The predicted octanol–water partition coefficient (Wildman–Crippen LogP) is 3.99. The summed E-state index contributed by atoms with van der Waals surface area (Å²) in [5, 5.41) is 3.26. The molecule has 1 unspecified atom stereocenters. The molecule has 19 heavy (non-hydrogen) atoms. The van der Waals surface area contributed by atoms with Crippen molar-refractivity contribution in [3.05, 3.63) is 71.3 Å². The van der Waals surface area contributed by atoms with E-state index in [-0.39, 0.29) is 0 Å². The topological polar surface area (TPSA) is 12.0 Å². The lowest BCUT2D eigenvalue weighted by molar-refractivity contribution is 0.661. The van der Waals surface area contributed by atoms with Crippen LogP contribution in [0, 0.1) is 0 Å². The highest BCUT2D eigenvalue weighted by atomic mass is 14.8. The van der Waals surface area contributed by atoms with Crippen LogP contribution in [0.4, 0.5) is 0 Å². The molecule has 2 aromatic rings. The zero-order valence-corrected chi connectivity index (χ0v) is 11.9. The van der Waals surface area contributed by atoms with Crippen LogP contribution < -0.4 is 5.32 Å². The van der Waals surface area contributed by atoms with Gasteiger partial charge in [-0.15, -0.1) is 0 Å². The van der Waals surface area contributed by atoms with E-state index < -0.39 is 0 Å². The second kappa shape index (κ2) is 7.10. The van der Waals surface area contributed by atoms with Gasteiger partial charge in [-0.3, -0.25) is 0 Å². The zero-order valence-electron chi connectivity index (χ0n) is 11.9. The minimum atomic E-state index is 0.486. The largest absolute Gasteiger partial charge is 0.320 e. The van der Waals surface area contributed by atoms with Gasteiger partial charge in [0, 0.05) is 5.92 Å². The van der Waals surface area contributed by atoms with Crippen LogP contribution in [0.1, 0.15) is 36.0 Å². The average Bonchev–Trinajstić information content (AvgIpc) is 2.49. The summed E-state index contributed by atoms with van der Waals surface area (Å²) in [6, 6.07) is 19.9. The number of benzene rings is 2. The fourth-order valence-corrected chi connectivity index (χ4v) is 2.49. The van der Waals surface area contributed by atoms with E-state index >= 15 is 0 Å². The van der Waals surface area contributed by atoms with Gasteiger partial charge in [0.25, 0.3) is 0 Å². The molecule has 1 nitrogen and oxygen atoms in total. The smallest absolute Gasteiger partial charge is 0.0101 e. The van der Waals surface area contributed by atoms with Gasteiger partial charge in [-0.1, -0.05) is 61.5 Å². The van der Waals surface area contributed by atoms with E-state index in [1.165, 1.54) is 16.7 Å². The van der Waals surface area contributed by atoms with Crippen molar-refractivity contribution in [1.29, 1.82) is 0 Å². The molecule has 0 spiro atoms. The minimum absolute atomic E-state index is 0.486. The summed E-state index contributed by atoms with van der Waals surface area (Å²) < 4.78 is 0. The molecule has 100 valence electrons. The Morgan fingerprint density at radius 2 is 1.53 bits per heavy atom. The van der Waals surface area contributed by atoms with Crippen LogP contribution in [-0.4, -0.2) is 13.6 Å². The van der Waals surface area contributed by atoms with Gasteiger partial charge in [0.1, 0.15) is 0 Å². The highest BCUT2D eigenvalue weighted by Crippen LogP contribution is 2.27. The first-order chi connectivity index (χ1) is 9.35. The van der Waals surface area contributed by atoms with Crippen LogP contribution >= 0.6 is 0 Å². The van der Waals surface area contributed by atoms with Gasteiger partial charge in [-0.25, -0.2) is 0 Å². The molecule has 0 aromatic heterocycles. The molecule has 1 atom stereocenters. The van der Waals surface area contributed by atoms with Crippen molar-refractivity contribution in [3.63, 3.8) is 0 Å². The molecule has 0 heterocycles. The Morgan fingerprint density at radius 1 is 0.895 bits per heavy atom. The fourth-order valence-electron chi connectivity index (χ4n) is 2.49. The van der Waals surface area contributed by atoms with E-state index in [0.29, 0.717) is 5.92 Å². The van der Waals surface area contributed by atoms with Gasteiger partial charge in [-0.2, -0.15) is 0 Å². The molecule has 0 aliphatic carbocycles. The third-order valence-electron chi connectivity index (χ3n) is 3.68. The van der Waals surface area contributed by atoms with Crippen LogP contribution in [0.2, 0.25) is 0 Å². The number of aryl methyl sites for hydroxylation is 1. The SMILES string of the molecule is CCc1ccc(C(CCNC)c2ccccc2)cc1. The van der Waals surface area contributed by atoms with E-state index in [1.807, 2.05) is 7.05 Å². The summed E-state index contributed by atoms with van der Waals surface area (Å²) in [5.41, 5.74) is 4.23. The average molecular weight is 253 g/mol. The van der Waals surface area contributed by atoms with Gasteiger partial charge < -0.3 is 5.32 Å². The Labute approximate surface area is 116 Å². The van der Waals surface area contributed by atoms with E-state index in [9.17, 15) is 0 Å². The van der Waals surface area contributed by atoms with Gasteiger partial charge in [-0.05, 0) is 43.1 Å². The molecule has 0 bridgehead atoms. The molecule has 1 N–H and O–H groups in total. The first kappa shape index (κ1) is 13.8. The van der Waals surface area contributed by atoms with E-state index in [4.69, 9.17) is 0 Å². The normalized spacial score (nSPS) is 12.3. The summed E-state index contributed by atoms with van der Waals surface area (Å²) in [6.07, 6.45) is 2.23. The molecule has 2 rings (SSSR count). The molecule has 0 radical (unpaired) electrons. The number of hydrogen-bond donors (Lipinski definition) is 1. The van der Waals surface area contributed by atoms with Crippen LogP contribution in [0.15, 0.2) is 54.6 Å². The third-order valence-corrected chi connectivity index (χ3v) is 3.68. The summed E-state index contributed by atoms with van der Waals surface area (Å²) in [6.45, 7) is 3.24. The lowest BCUT2D eigenvalue weighted by Gasteiger charge is -2.18. The summed E-state index contributed by atoms with van der Waals surface area (Å²) in [7, 11) is 2.02. The van der Waals surface area contributed by atoms with Crippen molar-refractivity contribution >= 4 is 0 Å². The van der Waals surface area contributed by atoms with Crippen molar-refractivity contribution in [3.8, 4) is 0 Å². The van der Waals surface area contributed by atoms with Crippen LogP contribution in [-0.2, 0) is 6.42 Å². The highest BCUT2D eigenvalue weighted by molar-refractivity contribution is 5.34. The van der Waals surface area contributed by atoms with Crippen LogP contribution in [0.3, 0.4) is 0 Å². The lowest BCUT2D eigenvalue weighted by atomic mass is 9.88. The number of rotatable bonds is 6. The molecule has 0 fully saturated rings. The van der Waals surface area contributed by atoms with Crippen LogP contribution in [0.25, 0.3) is 0 Å². The number of nitrogens with one attached hydrogen (secondary N) is 1. The van der Waals surface area contributed by atoms with Crippen molar-refractivity contribution in [2.45, 2.75) is 25.7 Å². The molecule has 0 saturated heterocycles. The standard InChI is InChI=1S/C18H23N/c1-3-15-9-11-17(12-10-15)18(13-14-19-2)16-7-5-4-6-8-16/h4-12,18-19H,3,13-14H2,1-2H3. The molecular formula is C18H23N. The summed E-state index contributed by atoms with van der Waals surface area (Å²) in [4.78, 5) is 0. The van der Waals surface area contributed by atoms with Crippen molar-refractivity contribution < 1.29 is 0 Å². The molecule has 0 aliphatic rings. The Balaban J connectivity index is 2.26. The number of hydrogen-bond acceptors (Lipinski definition) is 1. The van der Waals surface area contributed by atoms with Gasteiger partial charge in [0.15, 0.2) is 0 Å². The zero-order chi connectivity index (χ0) is 13.5. The molecule has 2 aromatic carbocycles. The van der Waals surface area contributed by atoms with Gasteiger partial charge in [0.2, 0.25) is 0 Å². The summed E-state index contributed by atoms with van der Waals surface area (Å²) >= 11 is 0. The maximum atomic E-state index is 3.26. The van der Waals surface area contributed by atoms with E-state index in [2.05, 4.69) is 66.8 Å². The third kappa shape index (κ3) is 3.68. The molecule has 1 heteroatoms. The van der Waals surface area contributed by atoms with E-state index in [0.717, 1.165) is 19.4 Å². The fraction of sp³-hybridized carbons (Fsp3) is 0.333. The van der Waals surface area contributed by atoms with Crippen molar-refractivity contribution in [2.24, 2.45) is 0 Å². The minimum Gasteiger partial charge on any atom is -0.320 e. The second-order valence-electron chi connectivity index (χ2n) is 4.95. The van der Waals surface area contributed by atoms with E-state index in [1.54, 1.807) is 0 Å². The predicted molar refractivity (Wildman–Crippen MR) is 82.6 cm³/mol. The lowest BCUT2D eigenvalue weighted by Crippen LogP contribution is -2.13. The molecule has 0 amide bonds. The first-order valence-electron chi connectivity index (χ1n) is 7.13. The van der Waals surface area contributed by atoms with Crippen molar-refractivity contribution in [1.82, 2.24) is 5.32 Å². The molecule has 0 aliphatic heterocycles. The first-order valence-corrected chi connectivity index (χ1v) is 7.13. The summed E-state index contributed by atoms with van der Waals surface area (Å²) in [5.74, 6) is 0.486. The second-order valence-corrected chi connectivity index (χ2v) is 4.95. The van der Waals surface area contributed by atoms with Crippen LogP contribution in [0.5, 0.6) is 0 Å². The Bertz CT molecular complexity index is 473. The maximum Gasteiger partial charge on any atom is 0.0101 e. The molecule has 0 saturated carbocycles. The molecular weight excluding hydrogens is 230 g/mol. The van der Waals surface area contributed by atoms with Gasteiger partial charge >= 0.3 is 0 Å². The Morgan fingerprint density at radius 3 is 2.11 bits per heavy atom. The monoisotopic (exact) mass is 253 g/mol. The maximum absolute atomic E-state index is 3.26. The Kier molecular flexibility index (Phi) is 5.17. The highest BCUT2D eigenvalue weighted by Gasteiger charge is 2.13. The van der Waals surface area contributed by atoms with Crippen molar-refractivity contribution in [2.75, 3.05) is 13.6 Å². The quantitative estimate of drug-likeness (QED) is 0.820. The Hall–Kier alpha value is -1.60.